The van der Waals surface area contributed by atoms with E-state index in [1.807, 2.05) is 12.1 Å². The van der Waals surface area contributed by atoms with Crippen molar-refractivity contribution in [3.63, 3.8) is 0 Å². The van der Waals surface area contributed by atoms with Crippen LogP contribution in [0.5, 0.6) is 0 Å². The van der Waals surface area contributed by atoms with Crippen LogP contribution in [0.3, 0.4) is 0 Å². The van der Waals surface area contributed by atoms with Crippen molar-refractivity contribution in [1.82, 2.24) is 5.32 Å². The third kappa shape index (κ3) is 1.22. The molecule has 0 aromatic heterocycles. The van der Waals surface area contributed by atoms with Crippen LogP contribution in [0, 0.1) is 0 Å². The molecule has 4 nitrogen and oxygen atoms in total. The van der Waals surface area contributed by atoms with Crippen molar-refractivity contribution in [3.8, 4) is 0 Å². The zero-order valence-corrected chi connectivity index (χ0v) is 8.74. The minimum Gasteiger partial charge on any atom is -0.288 e. The van der Waals surface area contributed by atoms with Crippen LogP contribution in [-0.2, 0) is 20.8 Å². The Kier molecular flexibility index (Phi) is 1.88. The molecule has 0 radical (unpaired) electrons. The van der Waals surface area contributed by atoms with E-state index in [2.05, 4.69) is 5.32 Å². The van der Waals surface area contributed by atoms with Crippen LogP contribution in [-0.4, -0.2) is 17.8 Å². The van der Waals surface area contributed by atoms with Crippen molar-refractivity contribution in [1.29, 1.82) is 0 Å². The average Bonchev–Trinajstić information content (AvgIpc) is 2.65. The molecule has 4 heteroatoms. The minimum absolute atomic E-state index is 0.184. The van der Waals surface area contributed by atoms with Gasteiger partial charge in [0.15, 0.2) is 0 Å². The van der Waals surface area contributed by atoms with E-state index in [9.17, 15) is 14.4 Å². The predicted molar refractivity (Wildman–Crippen MR) is 59.4 cm³/mol. The van der Waals surface area contributed by atoms with Gasteiger partial charge in [0.1, 0.15) is 5.94 Å². The lowest BCUT2D eigenvalue weighted by molar-refractivity contribution is -0.123. The fourth-order valence-corrected chi connectivity index (χ4v) is 2.28. The predicted octanol–water partition coefficient (Wildman–Crippen LogP) is 0.411. The molecular weight excluding hydrogens is 218 g/mol. The minimum atomic E-state index is -0.502. The Bertz CT molecular complexity index is 648. The number of hydrogen-bond acceptors (Lipinski definition) is 3. The molecule has 82 valence electrons. The topological polar surface area (TPSA) is 63.2 Å². The first-order valence-electron chi connectivity index (χ1n) is 5.15. The molecule has 0 unspecified atom stereocenters. The maximum atomic E-state index is 11.7. The van der Waals surface area contributed by atoms with Gasteiger partial charge in [-0.3, -0.25) is 14.9 Å². The van der Waals surface area contributed by atoms with Crippen LogP contribution < -0.4 is 5.32 Å². The first kappa shape index (κ1) is 9.75. The van der Waals surface area contributed by atoms with Crippen LogP contribution in [0.2, 0.25) is 0 Å². The zero-order chi connectivity index (χ0) is 12.0. The maximum Gasteiger partial charge on any atom is 0.259 e. The fourth-order valence-electron chi connectivity index (χ4n) is 2.28. The summed E-state index contributed by atoms with van der Waals surface area (Å²) >= 11 is 0. The normalized spacial score (nSPS) is 17.5. The summed E-state index contributed by atoms with van der Waals surface area (Å²) in [6.45, 7) is 0. The molecule has 0 atom stereocenters. The molecule has 3 rings (SSSR count). The van der Waals surface area contributed by atoms with Gasteiger partial charge in [-0.1, -0.05) is 24.3 Å². The van der Waals surface area contributed by atoms with Crippen LogP contribution in [0.4, 0.5) is 0 Å². The van der Waals surface area contributed by atoms with E-state index < -0.39 is 11.8 Å². The monoisotopic (exact) mass is 225 g/mol. The maximum absolute atomic E-state index is 11.7. The summed E-state index contributed by atoms with van der Waals surface area (Å²) in [5.74, 6) is 0.821. The van der Waals surface area contributed by atoms with Crippen molar-refractivity contribution < 1.29 is 14.4 Å². The molecule has 1 heterocycles. The van der Waals surface area contributed by atoms with Gasteiger partial charge in [-0.05, 0) is 11.1 Å². The smallest absolute Gasteiger partial charge is 0.259 e. The van der Waals surface area contributed by atoms with Crippen LogP contribution >= 0.6 is 0 Å². The first-order chi connectivity index (χ1) is 8.22. The molecule has 0 saturated heterocycles. The van der Waals surface area contributed by atoms with E-state index in [-0.39, 0.29) is 11.1 Å². The van der Waals surface area contributed by atoms with E-state index in [4.69, 9.17) is 0 Å². The molecule has 0 spiro atoms. The molecule has 17 heavy (non-hydrogen) atoms. The molecule has 1 aliphatic heterocycles. The number of carbonyl (C=O) groups excluding carboxylic acids is 3. The molecule has 0 fully saturated rings. The summed E-state index contributed by atoms with van der Waals surface area (Å²) in [6.07, 6.45) is 0.346. The lowest BCUT2D eigenvalue weighted by Crippen LogP contribution is -2.23. The third-order valence-electron chi connectivity index (χ3n) is 3.01. The molecule has 1 aliphatic carbocycles. The summed E-state index contributed by atoms with van der Waals surface area (Å²) in [5.41, 5.74) is 2.33. The van der Waals surface area contributed by atoms with Crippen LogP contribution in [0.1, 0.15) is 11.1 Å². The van der Waals surface area contributed by atoms with Gasteiger partial charge in [-0.25, -0.2) is 4.79 Å². The Balaban J connectivity index is 2.38. The Hall–Kier alpha value is -2.45. The molecule has 1 aromatic rings. The highest BCUT2D eigenvalue weighted by atomic mass is 16.2. The summed E-state index contributed by atoms with van der Waals surface area (Å²) in [4.78, 5) is 34.2. The van der Waals surface area contributed by atoms with E-state index in [0.29, 0.717) is 12.0 Å². The van der Waals surface area contributed by atoms with E-state index in [0.717, 1.165) is 11.1 Å². The molecule has 1 aromatic carbocycles. The standard InChI is InChI=1S/C13H7NO3/c15-6-8-5-7-3-1-2-4-9(7)11-10(8)12(16)14-13(11)17/h1-4H,5H2,(H,14,16,17). The molecule has 0 bridgehead atoms. The number of amides is 2. The molecular formula is C13H7NO3. The Morgan fingerprint density at radius 2 is 1.76 bits per heavy atom. The highest BCUT2D eigenvalue weighted by Gasteiger charge is 2.37. The molecule has 2 amide bonds. The average molecular weight is 225 g/mol. The lowest BCUT2D eigenvalue weighted by Gasteiger charge is -2.16. The number of imide groups is 1. The van der Waals surface area contributed by atoms with Crippen molar-refractivity contribution in [2.24, 2.45) is 0 Å². The van der Waals surface area contributed by atoms with Gasteiger partial charge < -0.3 is 0 Å². The largest absolute Gasteiger partial charge is 0.288 e. The Morgan fingerprint density at radius 3 is 2.53 bits per heavy atom. The Morgan fingerprint density at radius 1 is 1.06 bits per heavy atom. The van der Waals surface area contributed by atoms with E-state index in [1.165, 1.54) is 0 Å². The molecule has 2 aliphatic rings. The van der Waals surface area contributed by atoms with Gasteiger partial charge in [0.2, 0.25) is 0 Å². The fraction of sp³-hybridized carbons (Fsp3) is 0.0769. The number of rotatable bonds is 0. The third-order valence-corrected chi connectivity index (χ3v) is 3.01. The van der Waals surface area contributed by atoms with Gasteiger partial charge >= 0.3 is 0 Å². The summed E-state index contributed by atoms with van der Waals surface area (Å²) in [5, 5.41) is 2.21. The van der Waals surface area contributed by atoms with Gasteiger partial charge in [0.25, 0.3) is 11.8 Å². The van der Waals surface area contributed by atoms with Crippen molar-refractivity contribution >= 4 is 23.3 Å². The number of benzene rings is 1. The SMILES string of the molecule is O=C=C1Cc2ccccc2C2=C1C(=O)NC2=O. The van der Waals surface area contributed by atoms with Crippen LogP contribution in [0.25, 0.3) is 5.57 Å². The quantitative estimate of drug-likeness (QED) is 0.514. The van der Waals surface area contributed by atoms with Gasteiger partial charge in [0.05, 0.1) is 16.7 Å². The van der Waals surface area contributed by atoms with Gasteiger partial charge in [-0.15, -0.1) is 0 Å². The second-order valence-corrected chi connectivity index (χ2v) is 3.95. The van der Waals surface area contributed by atoms with Gasteiger partial charge in [0, 0.05) is 6.42 Å². The van der Waals surface area contributed by atoms with E-state index in [1.54, 1.807) is 18.1 Å². The highest BCUT2D eigenvalue weighted by molar-refractivity contribution is 6.38. The summed E-state index contributed by atoms with van der Waals surface area (Å²) < 4.78 is 0. The zero-order valence-electron chi connectivity index (χ0n) is 8.74. The second-order valence-electron chi connectivity index (χ2n) is 3.95. The van der Waals surface area contributed by atoms with Crippen molar-refractivity contribution in [2.75, 3.05) is 0 Å². The Labute approximate surface area is 96.6 Å². The first-order valence-corrected chi connectivity index (χ1v) is 5.15. The number of carbonyl (C=O) groups is 2. The lowest BCUT2D eigenvalue weighted by atomic mass is 9.84. The van der Waals surface area contributed by atoms with Crippen molar-refractivity contribution in [3.05, 3.63) is 46.5 Å². The summed E-state index contributed by atoms with van der Waals surface area (Å²) in [7, 11) is 0. The van der Waals surface area contributed by atoms with E-state index >= 15 is 0 Å². The van der Waals surface area contributed by atoms with Crippen molar-refractivity contribution in [2.45, 2.75) is 6.42 Å². The molecule has 0 saturated carbocycles. The second kappa shape index (κ2) is 3.27. The summed E-state index contributed by atoms with van der Waals surface area (Å²) in [6, 6.07) is 7.26. The number of hydrogen-bond donors (Lipinski definition) is 1. The number of nitrogens with one attached hydrogen (secondary N) is 1. The van der Waals surface area contributed by atoms with Crippen LogP contribution in [0.15, 0.2) is 35.4 Å². The van der Waals surface area contributed by atoms with Gasteiger partial charge in [-0.2, -0.15) is 0 Å². The number of fused-ring (bicyclic) bond motifs is 2. The highest BCUT2D eigenvalue weighted by Crippen LogP contribution is 2.36. The molecule has 1 N–H and O–H groups in total.